The van der Waals surface area contributed by atoms with Crippen LogP contribution in [0.25, 0.3) is 0 Å². The molecular formula is C12H16BrNO2S. The van der Waals surface area contributed by atoms with Crippen LogP contribution in [-0.4, -0.2) is 11.6 Å². The van der Waals surface area contributed by atoms with Gasteiger partial charge in [-0.15, -0.1) is 11.3 Å². The van der Waals surface area contributed by atoms with Crippen molar-refractivity contribution in [2.75, 3.05) is 0 Å². The van der Waals surface area contributed by atoms with Gasteiger partial charge in [-0.25, -0.2) is 4.79 Å². The molecule has 0 bridgehead atoms. The normalized spacial score (nSPS) is 15.8. The second kappa shape index (κ2) is 4.61. The van der Waals surface area contributed by atoms with Gasteiger partial charge in [-0.05, 0) is 61.5 Å². The molecule has 1 N–H and O–H groups in total. The van der Waals surface area contributed by atoms with Gasteiger partial charge in [0.05, 0.1) is 0 Å². The highest BCUT2D eigenvalue weighted by Crippen LogP contribution is 2.47. The highest BCUT2D eigenvalue weighted by molar-refractivity contribution is 9.11. The Hall–Kier alpha value is -0.550. The summed E-state index contributed by atoms with van der Waals surface area (Å²) in [7, 11) is 0. The Morgan fingerprint density at radius 2 is 2.18 bits per heavy atom. The molecule has 0 saturated heterocycles. The van der Waals surface area contributed by atoms with E-state index in [9.17, 15) is 4.79 Å². The van der Waals surface area contributed by atoms with E-state index in [1.807, 2.05) is 26.8 Å². The number of carbonyl (C=O) groups excluding carboxylic acids is 1. The summed E-state index contributed by atoms with van der Waals surface area (Å²) in [5.41, 5.74) is -0.279. The third-order valence-corrected chi connectivity index (χ3v) is 4.28. The lowest BCUT2D eigenvalue weighted by Gasteiger charge is -2.19. The molecule has 1 aromatic rings. The molecule has 1 heterocycles. The second-order valence-corrected chi connectivity index (χ2v) is 7.73. The molecule has 5 heteroatoms. The van der Waals surface area contributed by atoms with Crippen LogP contribution in [0.2, 0.25) is 0 Å². The Morgan fingerprint density at radius 3 is 2.71 bits per heavy atom. The van der Waals surface area contributed by atoms with Gasteiger partial charge in [-0.3, -0.25) is 0 Å². The third kappa shape index (κ3) is 3.71. The van der Waals surface area contributed by atoms with Crippen LogP contribution in [0, 0.1) is 0 Å². The minimum Gasteiger partial charge on any atom is -0.408 e. The summed E-state index contributed by atoms with van der Waals surface area (Å²) in [4.78, 5) is 12.9. The van der Waals surface area contributed by atoms with Crippen molar-refractivity contribution in [3.8, 4) is 5.75 Å². The predicted octanol–water partition coefficient (Wildman–Crippen LogP) is 4.27. The van der Waals surface area contributed by atoms with Crippen molar-refractivity contribution in [1.82, 2.24) is 5.32 Å². The summed E-state index contributed by atoms with van der Waals surface area (Å²) in [6.07, 6.45) is 2.10. The fourth-order valence-electron chi connectivity index (χ4n) is 1.44. The highest BCUT2D eigenvalue weighted by atomic mass is 79.9. The molecule has 2 rings (SSSR count). The van der Waals surface area contributed by atoms with Crippen LogP contribution in [-0.2, 0) is 0 Å². The summed E-state index contributed by atoms with van der Waals surface area (Å²) >= 11 is 5.09. The molecular weight excluding hydrogens is 302 g/mol. The molecule has 0 aliphatic heterocycles. The zero-order chi connectivity index (χ0) is 12.6. The van der Waals surface area contributed by atoms with Crippen LogP contribution in [0.5, 0.6) is 5.75 Å². The second-order valence-electron chi connectivity index (χ2n) is 5.33. The number of amides is 1. The van der Waals surface area contributed by atoms with Crippen LogP contribution < -0.4 is 10.1 Å². The summed E-state index contributed by atoms with van der Waals surface area (Å²) in [6, 6.07) is 1.97. The van der Waals surface area contributed by atoms with Gasteiger partial charge < -0.3 is 10.1 Å². The smallest absolute Gasteiger partial charge is 0.408 e. The maximum absolute atomic E-state index is 11.6. The molecule has 0 atom stereocenters. The molecule has 1 amide bonds. The summed E-state index contributed by atoms with van der Waals surface area (Å²) in [5, 5.41) is 2.77. The molecule has 3 nitrogen and oxygen atoms in total. The zero-order valence-corrected chi connectivity index (χ0v) is 12.6. The molecule has 17 heavy (non-hydrogen) atoms. The van der Waals surface area contributed by atoms with Crippen LogP contribution in [0.1, 0.15) is 44.4 Å². The van der Waals surface area contributed by atoms with Crippen molar-refractivity contribution >= 4 is 33.4 Å². The Kier molecular flexibility index (Phi) is 3.50. The fraction of sp³-hybridized carbons (Fsp3) is 0.583. The number of ether oxygens (including phenoxy) is 1. The number of hydrogen-bond donors (Lipinski definition) is 1. The van der Waals surface area contributed by atoms with Gasteiger partial charge in [-0.2, -0.15) is 0 Å². The van der Waals surface area contributed by atoms with E-state index in [1.54, 1.807) is 11.3 Å². The van der Waals surface area contributed by atoms with Gasteiger partial charge in [0.15, 0.2) is 5.75 Å². The molecule has 94 valence electrons. The highest BCUT2D eigenvalue weighted by Gasteiger charge is 2.27. The first kappa shape index (κ1) is 12.9. The van der Waals surface area contributed by atoms with Gasteiger partial charge >= 0.3 is 6.09 Å². The van der Waals surface area contributed by atoms with Crippen molar-refractivity contribution in [2.45, 2.75) is 45.1 Å². The first-order chi connectivity index (χ1) is 7.85. The largest absolute Gasteiger partial charge is 0.413 e. The molecule has 1 fully saturated rings. The van der Waals surface area contributed by atoms with Crippen LogP contribution >= 0.6 is 27.3 Å². The number of thiophene rings is 1. The van der Waals surface area contributed by atoms with Gasteiger partial charge in [0.2, 0.25) is 0 Å². The Morgan fingerprint density at radius 1 is 1.53 bits per heavy atom. The first-order valence-electron chi connectivity index (χ1n) is 5.64. The molecule has 0 radical (unpaired) electrons. The van der Waals surface area contributed by atoms with Crippen molar-refractivity contribution in [1.29, 1.82) is 0 Å². The van der Waals surface area contributed by atoms with Gasteiger partial charge in [-0.1, -0.05) is 0 Å². The van der Waals surface area contributed by atoms with Crippen molar-refractivity contribution in [2.24, 2.45) is 0 Å². The molecule has 1 aliphatic rings. The Balaban J connectivity index is 2.00. The van der Waals surface area contributed by atoms with Crippen molar-refractivity contribution in [3.63, 3.8) is 0 Å². The maximum Gasteiger partial charge on any atom is 0.413 e. The Bertz CT molecular complexity index is 432. The minimum atomic E-state index is -0.404. The number of carbonyl (C=O) groups is 1. The third-order valence-electron chi connectivity index (χ3n) is 2.33. The molecule has 0 spiro atoms. The van der Waals surface area contributed by atoms with E-state index in [0.29, 0.717) is 11.7 Å². The number of halogens is 1. The molecule has 1 saturated carbocycles. The van der Waals surface area contributed by atoms with E-state index in [2.05, 4.69) is 21.2 Å². The van der Waals surface area contributed by atoms with E-state index in [1.165, 1.54) is 17.7 Å². The molecule has 1 aliphatic carbocycles. The summed E-state index contributed by atoms with van der Waals surface area (Å²) in [5.74, 6) is 1.30. The van der Waals surface area contributed by atoms with Crippen molar-refractivity contribution < 1.29 is 9.53 Å². The van der Waals surface area contributed by atoms with E-state index < -0.39 is 6.09 Å². The van der Waals surface area contributed by atoms with Crippen LogP contribution in [0.15, 0.2) is 9.85 Å². The average Bonchev–Trinajstić information content (AvgIpc) is 2.91. The number of rotatable bonds is 2. The van der Waals surface area contributed by atoms with Gasteiger partial charge in [0.1, 0.15) is 3.79 Å². The van der Waals surface area contributed by atoms with Gasteiger partial charge in [0, 0.05) is 10.4 Å². The Labute approximate surface area is 114 Å². The summed E-state index contributed by atoms with van der Waals surface area (Å²) in [6.45, 7) is 5.77. The molecule has 0 unspecified atom stereocenters. The predicted molar refractivity (Wildman–Crippen MR) is 72.9 cm³/mol. The lowest BCUT2D eigenvalue weighted by atomic mass is 10.1. The SMILES string of the molecule is CC(C)(C)NC(=O)Oc1cc(C2CC2)sc1Br. The molecule has 0 aromatic carbocycles. The molecule has 1 aromatic heterocycles. The van der Waals surface area contributed by atoms with E-state index in [-0.39, 0.29) is 5.54 Å². The van der Waals surface area contributed by atoms with E-state index >= 15 is 0 Å². The topological polar surface area (TPSA) is 38.3 Å². The van der Waals surface area contributed by atoms with Crippen LogP contribution in [0.3, 0.4) is 0 Å². The minimum absolute atomic E-state index is 0.279. The average molecular weight is 318 g/mol. The standard InChI is InChI=1S/C12H16BrNO2S/c1-12(2,3)14-11(15)16-8-6-9(7-4-5-7)17-10(8)13/h6-7H,4-5H2,1-3H3,(H,14,15). The van der Waals surface area contributed by atoms with Crippen molar-refractivity contribution in [3.05, 3.63) is 14.7 Å². The van der Waals surface area contributed by atoms with E-state index in [4.69, 9.17) is 4.74 Å². The zero-order valence-electron chi connectivity index (χ0n) is 10.2. The van der Waals surface area contributed by atoms with Gasteiger partial charge in [0.25, 0.3) is 0 Å². The lowest BCUT2D eigenvalue weighted by Crippen LogP contribution is -2.42. The number of nitrogens with one attached hydrogen (secondary N) is 1. The number of hydrogen-bond acceptors (Lipinski definition) is 3. The van der Waals surface area contributed by atoms with E-state index in [0.717, 1.165) is 3.79 Å². The van der Waals surface area contributed by atoms with Crippen LogP contribution in [0.4, 0.5) is 4.79 Å². The monoisotopic (exact) mass is 317 g/mol. The fourth-order valence-corrected chi connectivity index (χ4v) is 3.17. The first-order valence-corrected chi connectivity index (χ1v) is 7.25. The summed E-state index contributed by atoms with van der Waals surface area (Å²) < 4.78 is 6.19. The lowest BCUT2D eigenvalue weighted by molar-refractivity contribution is 0.190. The maximum atomic E-state index is 11.6. The quantitative estimate of drug-likeness (QED) is 0.884.